The Kier molecular flexibility index (Phi) is 8.00. The van der Waals surface area contributed by atoms with Gasteiger partial charge >= 0.3 is 12.1 Å². The fourth-order valence-corrected chi connectivity index (χ4v) is 6.21. The van der Waals surface area contributed by atoms with Crippen LogP contribution in [0.5, 0.6) is 0 Å². The molecule has 1 fully saturated rings. The highest BCUT2D eigenvalue weighted by atomic mass is 32.2. The summed E-state index contributed by atoms with van der Waals surface area (Å²) in [6.45, 7) is 4.67. The van der Waals surface area contributed by atoms with Crippen LogP contribution in [-0.4, -0.2) is 58.8 Å². The molecule has 1 aliphatic carbocycles. The number of carboxylic acids is 1. The molecule has 0 radical (unpaired) electrons. The molecule has 2 amide bonds. The second kappa shape index (κ2) is 11.2. The van der Waals surface area contributed by atoms with Crippen molar-refractivity contribution in [2.75, 3.05) is 24.8 Å². The highest BCUT2D eigenvalue weighted by Crippen LogP contribution is 2.44. The number of hydrogen-bond donors (Lipinski definition) is 2. The molecular weight excluding hydrogens is 464 g/mol. The van der Waals surface area contributed by atoms with E-state index in [4.69, 9.17) is 4.74 Å². The van der Waals surface area contributed by atoms with Gasteiger partial charge < -0.3 is 20.1 Å². The molecule has 8 heteroatoms. The number of hydrogen-bond acceptors (Lipinski definition) is 5. The van der Waals surface area contributed by atoms with E-state index in [0.717, 1.165) is 17.5 Å². The van der Waals surface area contributed by atoms with Crippen molar-refractivity contribution < 1.29 is 24.2 Å². The number of benzene rings is 2. The van der Waals surface area contributed by atoms with Gasteiger partial charge in [0, 0.05) is 24.6 Å². The molecule has 1 heterocycles. The summed E-state index contributed by atoms with van der Waals surface area (Å²) in [7, 11) is 0. The van der Waals surface area contributed by atoms with E-state index >= 15 is 0 Å². The average Bonchev–Trinajstić information content (AvgIpc) is 3.45. The molecule has 4 rings (SSSR count). The van der Waals surface area contributed by atoms with E-state index < -0.39 is 18.1 Å². The van der Waals surface area contributed by atoms with Gasteiger partial charge in [-0.25, -0.2) is 9.59 Å². The van der Waals surface area contributed by atoms with E-state index in [9.17, 15) is 19.5 Å². The van der Waals surface area contributed by atoms with Crippen molar-refractivity contribution in [3.63, 3.8) is 0 Å². The number of carboxylic acid groups (broad SMARTS) is 1. The van der Waals surface area contributed by atoms with E-state index in [1.54, 1.807) is 0 Å². The third-order valence-electron chi connectivity index (χ3n) is 6.63. The zero-order valence-corrected chi connectivity index (χ0v) is 20.9. The van der Waals surface area contributed by atoms with Crippen LogP contribution >= 0.6 is 11.8 Å². The Morgan fingerprint density at radius 3 is 2.31 bits per heavy atom. The largest absolute Gasteiger partial charge is 0.480 e. The molecule has 186 valence electrons. The first kappa shape index (κ1) is 25.1. The van der Waals surface area contributed by atoms with Crippen LogP contribution in [0.15, 0.2) is 48.5 Å². The van der Waals surface area contributed by atoms with Gasteiger partial charge in [-0.3, -0.25) is 4.79 Å². The number of amides is 2. The lowest BCUT2D eigenvalue weighted by Gasteiger charge is -2.25. The van der Waals surface area contributed by atoms with Crippen molar-refractivity contribution in [1.29, 1.82) is 0 Å². The van der Waals surface area contributed by atoms with E-state index in [1.165, 1.54) is 27.8 Å². The smallest absolute Gasteiger partial charge is 0.407 e. The molecule has 2 aromatic carbocycles. The zero-order valence-electron chi connectivity index (χ0n) is 20.1. The number of carbonyl (C=O) groups is 3. The van der Waals surface area contributed by atoms with Gasteiger partial charge in [0.2, 0.25) is 5.91 Å². The lowest BCUT2D eigenvalue weighted by atomic mass is 9.93. The highest BCUT2D eigenvalue weighted by Gasteiger charge is 2.35. The Morgan fingerprint density at radius 1 is 1.09 bits per heavy atom. The number of fused-ring (bicyclic) bond motifs is 3. The number of nitrogens with zero attached hydrogens (tertiary/aromatic N) is 1. The normalized spacial score (nSPS) is 17.7. The summed E-state index contributed by atoms with van der Waals surface area (Å²) in [6, 6.07) is 15.6. The maximum atomic E-state index is 12.8. The lowest BCUT2D eigenvalue weighted by molar-refractivity contribution is -0.148. The number of thioether (sulfide) groups is 1. The second-order valence-corrected chi connectivity index (χ2v) is 10.6. The Morgan fingerprint density at radius 2 is 1.71 bits per heavy atom. The van der Waals surface area contributed by atoms with E-state index in [-0.39, 0.29) is 30.8 Å². The zero-order chi connectivity index (χ0) is 24.9. The van der Waals surface area contributed by atoms with Gasteiger partial charge in [0.25, 0.3) is 0 Å². The third kappa shape index (κ3) is 5.81. The van der Waals surface area contributed by atoms with Gasteiger partial charge in [-0.1, -0.05) is 62.4 Å². The minimum atomic E-state index is -0.972. The lowest BCUT2D eigenvalue weighted by Crippen LogP contribution is -2.43. The Hall–Kier alpha value is -3.00. The summed E-state index contributed by atoms with van der Waals surface area (Å²) < 4.78 is 5.62. The number of aliphatic carboxylic acids is 1. The van der Waals surface area contributed by atoms with Gasteiger partial charge in [0.05, 0.1) is 5.88 Å². The van der Waals surface area contributed by atoms with Crippen LogP contribution in [-0.2, 0) is 14.3 Å². The van der Waals surface area contributed by atoms with Gasteiger partial charge in [-0.05, 0) is 40.5 Å². The van der Waals surface area contributed by atoms with E-state index in [0.29, 0.717) is 24.1 Å². The number of nitrogens with one attached hydrogen (secondary N) is 1. The summed E-state index contributed by atoms with van der Waals surface area (Å²) in [6.07, 6.45) is 0.438. The molecule has 0 saturated carbocycles. The van der Waals surface area contributed by atoms with Crippen LogP contribution in [0.3, 0.4) is 0 Å². The molecule has 2 aliphatic rings. The molecular formula is C27H32N2O5S. The molecule has 1 aliphatic heterocycles. The Balaban J connectivity index is 1.33. The predicted molar refractivity (Wildman–Crippen MR) is 136 cm³/mol. The molecule has 0 spiro atoms. The molecule has 2 N–H and O–H groups in total. The molecule has 2 aromatic rings. The maximum absolute atomic E-state index is 12.8. The van der Waals surface area contributed by atoms with Gasteiger partial charge in [0.1, 0.15) is 12.6 Å². The van der Waals surface area contributed by atoms with Crippen molar-refractivity contribution in [2.45, 2.75) is 38.6 Å². The van der Waals surface area contributed by atoms with Crippen LogP contribution in [0.4, 0.5) is 4.79 Å². The van der Waals surface area contributed by atoms with Crippen LogP contribution in [0.25, 0.3) is 11.1 Å². The van der Waals surface area contributed by atoms with Crippen LogP contribution in [0.1, 0.15) is 43.7 Å². The van der Waals surface area contributed by atoms with Crippen molar-refractivity contribution in [3.8, 4) is 11.1 Å². The van der Waals surface area contributed by atoms with Crippen LogP contribution in [0, 0.1) is 11.8 Å². The minimum absolute atomic E-state index is 0.0122. The molecule has 2 atom stereocenters. The maximum Gasteiger partial charge on any atom is 0.407 e. The van der Waals surface area contributed by atoms with Crippen molar-refractivity contribution >= 4 is 29.7 Å². The summed E-state index contributed by atoms with van der Waals surface area (Å²) in [4.78, 5) is 38.3. The number of rotatable bonds is 9. The molecule has 1 saturated heterocycles. The highest BCUT2D eigenvalue weighted by molar-refractivity contribution is 7.99. The minimum Gasteiger partial charge on any atom is -0.480 e. The first-order valence-corrected chi connectivity index (χ1v) is 13.2. The van der Waals surface area contributed by atoms with Crippen LogP contribution < -0.4 is 5.32 Å². The third-order valence-corrected chi connectivity index (χ3v) is 7.65. The summed E-state index contributed by atoms with van der Waals surface area (Å²) in [5.41, 5.74) is 4.65. The molecule has 0 aromatic heterocycles. The second-order valence-electron chi connectivity index (χ2n) is 9.62. The van der Waals surface area contributed by atoms with Crippen LogP contribution in [0.2, 0.25) is 0 Å². The van der Waals surface area contributed by atoms with Crippen molar-refractivity contribution in [2.24, 2.45) is 11.8 Å². The average molecular weight is 497 g/mol. The first-order valence-electron chi connectivity index (χ1n) is 12.0. The fraction of sp³-hybridized carbons (Fsp3) is 0.444. The summed E-state index contributed by atoms with van der Waals surface area (Å²) >= 11 is 1.45. The number of carbonyl (C=O) groups excluding carboxylic acids is 2. The standard InChI is InChI=1S/C27H32N2O5S/c1-17(2)11-18(12-25(30)29-16-35-15-24(29)26(31)32)13-28-27(33)34-14-23-21-9-5-3-7-19(21)20-8-4-6-10-22(20)23/h3-10,17-18,23-24H,11-16H2,1-2H3,(H,28,33)(H,31,32)/t18-,24-/m0/s1. The molecule has 0 unspecified atom stereocenters. The van der Waals surface area contributed by atoms with Gasteiger partial charge in [-0.15, -0.1) is 11.8 Å². The monoisotopic (exact) mass is 496 g/mol. The Bertz CT molecular complexity index is 1040. The Labute approximate surface area is 210 Å². The topological polar surface area (TPSA) is 95.9 Å². The predicted octanol–water partition coefficient (Wildman–Crippen LogP) is 4.56. The number of alkyl carbamates (subject to hydrolysis) is 1. The summed E-state index contributed by atoms with van der Waals surface area (Å²) in [5.74, 6) is -0.120. The molecule has 7 nitrogen and oxygen atoms in total. The fourth-order valence-electron chi connectivity index (χ4n) is 5.04. The first-order chi connectivity index (χ1) is 16.8. The summed E-state index contributed by atoms with van der Waals surface area (Å²) in [5, 5.41) is 12.2. The van der Waals surface area contributed by atoms with Crippen molar-refractivity contribution in [3.05, 3.63) is 59.7 Å². The quantitative estimate of drug-likeness (QED) is 0.528. The molecule has 0 bridgehead atoms. The molecule has 35 heavy (non-hydrogen) atoms. The SMILES string of the molecule is CC(C)C[C@H](CNC(=O)OCC1c2ccccc2-c2ccccc21)CC(=O)N1CSC[C@H]1C(=O)O. The number of ether oxygens (including phenoxy) is 1. The van der Waals surface area contributed by atoms with E-state index in [1.807, 2.05) is 24.3 Å². The van der Waals surface area contributed by atoms with Gasteiger partial charge in [-0.2, -0.15) is 0 Å². The van der Waals surface area contributed by atoms with Gasteiger partial charge in [0.15, 0.2) is 0 Å². The van der Waals surface area contributed by atoms with E-state index in [2.05, 4.69) is 43.4 Å². The van der Waals surface area contributed by atoms with Crippen molar-refractivity contribution in [1.82, 2.24) is 10.2 Å².